The molecule has 1 saturated carbocycles. The summed E-state index contributed by atoms with van der Waals surface area (Å²) in [4.78, 5) is 31.6. The second-order valence-electron chi connectivity index (χ2n) is 9.83. The molecule has 3 heterocycles. The Morgan fingerprint density at radius 1 is 1.19 bits per heavy atom. The second kappa shape index (κ2) is 9.48. The number of hydrogen-bond acceptors (Lipinski definition) is 5. The first-order valence-corrected chi connectivity index (χ1v) is 11.6. The van der Waals surface area contributed by atoms with Crippen LogP contribution in [0.5, 0.6) is 0 Å². The highest BCUT2D eigenvalue weighted by molar-refractivity contribution is 6.05. The number of nitrogens with one attached hydrogen (secondary N) is 1. The van der Waals surface area contributed by atoms with E-state index in [2.05, 4.69) is 14.9 Å². The number of amides is 2. The second-order valence-corrected chi connectivity index (χ2v) is 9.83. The van der Waals surface area contributed by atoms with E-state index in [4.69, 9.17) is 9.47 Å². The molecule has 2 aromatic heterocycles. The Morgan fingerprint density at radius 3 is 2.59 bits per heavy atom. The number of alkyl carbamates (subject to hydrolysis) is 1. The summed E-state index contributed by atoms with van der Waals surface area (Å²) in [6.07, 6.45) is 7.29. The number of carbonyl (C=O) groups is 2. The number of nitrogens with zero attached hydrogens (tertiary/aromatic N) is 3. The summed E-state index contributed by atoms with van der Waals surface area (Å²) in [5, 5.41) is 3.01. The minimum absolute atomic E-state index is 0.0287. The molecule has 0 radical (unpaired) electrons. The van der Waals surface area contributed by atoms with E-state index in [1.807, 2.05) is 44.0 Å². The lowest BCUT2D eigenvalue weighted by Crippen LogP contribution is -2.41. The fourth-order valence-corrected chi connectivity index (χ4v) is 4.61. The highest BCUT2D eigenvalue weighted by Crippen LogP contribution is 2.29. The SMILES string of the molecule is CC(C)(C)OC(=O)NC1CCC(Cn2cc(C(=O)N3CCOCC3)c3ncccc32)CC1. The zero-order valence-corrected chi connectivity index (χ0v) is 19.3. The molecule has 1 saturated heterocycles. The molecular formula is C24H34N4O4. The quantitative estimate of drug-likeness (QED) is 0.782. The predicted octanol–water partition coefficient (Wildman–Crippen LogP) is 3.59. The van der Waals surface area contributed by atoms with E-state index >= 15 is 0 Å². The summed E-state index contributed by atoms with van der Waals surface area (Å²) in [7, 11) is 0. The molecule has 1 aliphatic heterocycles. The molecule has 0 spiro atoms. The summed E-state index contributed by atoms with van der Waals surface area (Å²) < 4.78 is 13.0. The van der Waals surface area contributed by atoms with Gasteiger partial charge in [0.15, 0.2) is 0 Å². The van der Waals surface area contributed by atoms with Gasteiger partial charge in [-0.1, -0.05) is 0 Å². The topological polar surface area (TPSA) is 85.7 Å². The van der Waals surface area contributed by atoms with Crippen LogP contribution in [0.3, 0.4) is 0 Å². The van der Waals surface area contributed by atoms with Gasteiger partial charge in [-0.05, 0) is 64.5 Å². The van der Waals surface area contributed by atoms with Crippen molar-refractivity contribution in [1.29, 1.82) is 0 Å². The zero-order valence-electron chi connectivity index (χ0n) is 19.3. The number of morpholine rings is 1. The largest absolute Gasteiger partial charge is 0.444 e. The predicted molar refractivity (Wildman–Crippen MR) is 122 cm³/mol. The Balaban J connectivity index is 1.40. The molecule has 0 unspecified atom stereocenters. The average molecular weight is 443 g/mol. The maximum Gasteiger partial charge on any atom is 0.407 e. The minimum Gasteiger partial charge on any atom is -0.444 e. The van der Waals surface area contributed by atoms with Crippen LogP contribution in [0.2, 0.25) is 0 Å². The molecule has 2 aliphatic rings. The van der Waals surface area contributed by atoms with Crippen molar-refractivity contribution in [2.45, 2.75) is 64.6 Å². The molecule has 0 atom stereocenters. The molecule has 8 nitrogen and oxygen atoms in total. The third kappa shape index (κ3) is 5.41. The molecule has 4 rings (SSSR count). The fraction of sp³-hybridized carbons (Fsp3) is 0.625. The van der Waals surface area contributed by atoms with Gasteiger partial charge in [0.1, 0.15) is 11.1 Å². The molecule has 1 aliphatic carbocycles. The molecule has 0 bridgehead atoms. The van der Waals surface area contributed by atoms with Crippen LogP contribution in [0, 0.1) is 5.92 Å². The molecule has 1 N–H and O–H groups in total. The highest BCUT2D eigenvalue weighted by atomic mass is 16.6. The van der Waals surface area contributed by atoms with Gasteiger partial charge in [-0.15, -0.1) is 0 Å². The summed E-state index contributed by atoms with van der Waals surface area (Å²) in [5.74, 6) is 0.523. The maximum absolute atomic E-state index is 13.1. The Bertz CT molecular complexity index is 951. The summed E-state index contributed by atoms with van der Waals surface area (Å²) in [5.41, 5.74) is 1.95. The van der Waals surface area contributed by atoms with Gasteiger partial charge in [-0.2, -0.15) is 0 Å². The van der Waals surface area contributed by atoms with Crippen LogP contribution >= 0.6 is 0 Å². The summed E-state index contributed by atoms with van der Waals surface area (Å²) in [6.45, 7) is 8.86. The van der Waals surface area contributed by atoms with Gasteiger partial charge in [-0.3, -0.25) is 9.78 Å². The normalized spacial score (nSPS) is 22.0. The van der Waals surface area contributed by atoms with Crippen molar-refractivity contribution in [3.8, 4) is 0 Å². The van der Waals surface area contributed by atoms with Crippen LogP contribution in [0.4, 0.5) is 4.79 Å². The van der Waals surface area contributed by atoms with Gasteiger partial charge in [0.25, 0.3) is 5.91 Å². The molecule has 174 valence electrons. The fourth-order valence-electron chi connectivity index (χ4n) is 4.61. The first-order chi connectivity index (χ1) is 15.3. The Morgan fingerprint density at radius 2 is 1.91 bits per heavy atom. The Kier molecular flexibility index (Phi) is 6.69. The monoisotopic (exact) mass is 442 g/mol. The van der Waals surface area contributed by atoms with Crippen LogP contribution in [0.15, 0.2) is 24.5 Å². The van der Waals surface area contributed by atoms with Crippen molar-refractivity contribution in [2.75, 3.05) is 26.3 Å². The minimum atomic E-state index is -0.485. The molecule has 8 heteroatoms. The van der Waals surface area contributed by atoms with Crippen LogP contribution in [-0.2, 0) is 16.0 Å². The van der Waals surface area contributed by atoms with E-state index in [-0.39, 0.29) is 18.0 Å². The molecule has 2 aromatic rings. The smallest absolute Gasteiger partial charge is 0.407 e. The molecule has 2 amide bonds. The van der Waals surface area contributed by atoms with Crippen molar-refractivity contribution in [3.05, 3.63) is 30.1 Å². The van der Waals surface area contributed by atoms with Gasteiger partial charge in [0.2, 0.25) is 0 Å². The first-order valence-electron chi connectivity index (χ1n) is 11.6. The number of pyridine rings is 1. The van der Waals surface area contributed by atoms with Crippen molar-refractivity contribution >= 4 is 23.0 Å². The van der Waals surface area contributed by atoms with Gasteiger partial charge < -0.3 is 24.3 Å². The Labute approximate surface area is 189 Å². The van der Waals surface area contributed by atoms with Crippen LogP contribution in [-0.4, -0.2) is 64.4 Å². The summed E-state index contributed by atoms with van der Waals surface area (Å²) >= 11 is 0. The van der Waals surface area contributed by atoms with E-state index in [1.165, 1.54) is 0 Å². The van der Waals surface area contributed by atoms with Crippen molar-refractivity contribution in [1.82, 2.24) is 19.8 Å². The number of rotatable bonds is 4. The van der Waals surface area contributed by atoms with E-state index in [9.17, 15) is 9.59 Å². The maximum atomic E-state index is 13.1. The number of hydrogen-bond donors (Lipinski definition) is 1. The van der Waals surface area contributed by atoms with Gasteiger partial charge in [0.05, 0.1) is 24.3 Å². The van der Waals surface area contributed by atoms with E-state index in [1.54, 1.807) is 6.20 Å². The molecular weight excluding hydrogens is 408 g/mol. The average Bonchev–Trinajstić information content (AvgIpc) is 3.12. The van der Waals surface area contributed by atoms with E-state index in [0.717, 1.165) is 43.3 Å². The third-order valence-corrected chi connectivity index (χ3v) is 6.19. The van der Waals surface area contributed by atoms with Gasteiger partial charge in [0, 0.05) is 38.1 Å². The number of carbonyl (C=O) groups excluding carboxylic acids is 2. The third-order valence-electron chi connectivity index (χ3n) is 6.19. The highest BCUT2D eigenvalue weighted by Gasteiger charge is 2.27. The Hall–Kier alpha value is -2.61. The van der Waals surface area contributed by atoms with Crippen LogP contribution in [0.25, 0.3) is 11.0 Å². The zero-order chi connectivity index (χ0) is 22.7. The van der Waals surface area contributed by atoms with Crippen molar-refractivity contribution < 1.29 is 19.1 Å². The lowest BCUT2D eigenvalue weighted by atomic mass is 9.86. The van der Waals surface area contributed by atoms with Gasteiger partial charge >= 0.3 is 6.09 Å². The first kappa shape index (κ1) is 22.6. The lowest BCUT2D eigenvalue weighted by Gasteiger charge is -2.30. The molecule has 2 fully saturated rings. The van der Waals surface area contributed by atoms with Crippen molar-refractivity contribution in [3.63, 3.8) is 0 Å². The van der Waals surface area contributed by atoms with Gasteiger partial charge in [-0.25, -0.2) is 4.79 Å². The molecule has 32 heavy (non-hydrogen) atoms. The van der Waals surface area contributed by atoms with E-state index in [0.29, 0.717) is 37.8 Å². The number of aromatic nitrogens is 2. The summed E-state index contributed by atoms with van der Waals surface area (Å²) in [6, 6.07) is 4.11. The molecule has 0 aromatic carbocycles. The lowest BCUT2D eigenvalue weighted by molar-refractivity contribution is 0.0304. The van der Waals surface area contributed by atoms with Crippen LogP contribution < -0.4 is 5.32 Å². The standard InChI is InChI=1S/C24H34N4O4/c1-24(2,3)32-23(30)26-18-8-6-17(7-9-18)15-28-16-19(21-20(28)5-4-10-25-21)22(29)27-11-13-31-14-12-27/h4-5,10,16-18H,6-9,11-15H2,1-3H3,(H,26,30). The van der Waals surface area contributed by atoms with Crippen molar-refractivity contribution in [2.24, 2.45) is 5.92 Å². The van der Waals surface area contributed by atoms with E-state index < -0.39 is 5.60 Å². The number of fused-ring (bicyclic) bond motifs is 1. The van der Waals surface area contributed by atoms with Crippen LogP contribution in [0.1, 0.15) is 56.8 Å². The number of ether oxygens (including phenoxy) is 2.